The summed E-state index contributed by atoms with van der Waals surface area (Å²) < 4.78 is 46.9. The van der Waals surface area contributed by atoms with Crippen LogP contribution in [0.3, 0.4) is 0 Å². The molecule has 2 aromatic rings. The molecule has 0 atom stereocenters. The average Bonchev–Trinajstić information content (AvgIpc) is 2.78. The van der Waals surface area contributed by atoms with Crippen LogP contribution < -0.4 is 65.1 Å². The second-order valence-electron chi connectivity index (χ2n) is 5.05. The molecule has 3 rings (SSSR count). The zero-order valence-electron chi connectivity index (χ0n) is 14.2. The van der Waals surface area contributed by atoms with Gasteiger partial charge in [0.05, 0.1) is 0 Å². The second-order valence-corrected chi connectivity index (χ2v) is 7.56. The minimum absolute atomic E-state index is 0. The van der Waals surface area contributed by atoms with Gasteiger partial charge in [-0.1, -0.05) is 46.3 Å². The van der Waals surface area contributed by atoms with E-state index >= 15 is 0 Å². The third-order valence-corrected chi connectivity index (χ3v) is 5.14. The molecule has 0 unspecified atom stereocenters. The molecule has 1 N–H and O–H groups in total. The molecule has 25 heavy (non-hydrogen) atoms. The topological polar surface area (TPSA) is 75.7 Å². The number of nitrogens with one attached hydrogen (secondary N) is 1. The zero-order valence-corrected chi connectivity index (χ0v) is 18.7. The minimum atomic E-state index is -4.13. The summed E-state index contributed by atoms with van der Waals surface area (Å²) in [5.74, 6) is -1.52. The van der Waals surface area contributed by atoms with Gasteiger partial charge in [0.25, 0.3) is 5.91 Å². The first-order valence-electron chi connectivity index (χ1n) is 6.86. The summed E-state index contributed by atoms with van der Waals surface area (Å²) in [7, 11) is -4.13. The van der Waals surface area contributed by atoms with Crippen molar-refractivity contribution in [2.24, 2.45) is 0 Å². The number of hydrogen-bond donors (Lipinski definition) is 1. The summed E-state index contributed by atoms with van der Waals surface area (Å²) in [6.07, 6.45) is 0. The van der Waals surface area contributed by atoms with Crippen molar-refractivity contribution in [2.45, 2.75) is 6.61 Å². The smallest absolute Gasteiger partial charge is 1.00 e. The average molecular weight is 455 g/mol. The van der Waals surface area contributed by atoms with Crippen LogP contribution >= 0.6 is 15.9 Å². The molecule has 2 aromatic carbocycles. The molecular formula is C15H13BrFKN2O4S. The van der Waals surface area contributed by atoms with E-state index in [2.05, 4.69) is 15.9 Å². The monoisotopic (exact) mass is 454 g/mol. The number of carbonyl (C=O) groups excluding carboxylic acids is 1. The number of anilines is 1. The Bertz CT molecular complexity index is 902. The second kappa shape index (κ2) is 8.46. The van der Waals surface area contributed by atoms with E-state index in [-0.39, 0.29) is 70.9 Å². The van der Waals surface area contributed by atoms with Crippen LogP contribution in [0.15, 0.2) is 46.9 Å². The molecule has 0 bridgehead atoms. The van der Waals surface area contributed by atoms with Crippen LogP contribution in [0.1, 0.15) is 6.99 Å². The number of benzene rings is 2. The molecule has 0 aliphatic carbocycles. The van der Waals surface area contributed by atoms with Gasteiger partial charge in [-0.25, -0.2) is 13.4 Å². The molecule has 1 heterocycles. The van der Waals surface area contributed by atoms with Gasteiger partial charge in [-0.15, -0.1) is 0 Å². The van der Waals surface area contributed by atoms with E-state index < -0.39 is 28.5 Å². The molecule has 1 saturated heterocycles. The van der Waals surface area contributed by atoms with Crippen molar-refractivity contribution in [1.82, 2.24) is 4.72 Å². The Morgan fingerprint density at radius 2 is 1.96 bits per heavy atom. The van der Waals surface area contributed by atoms with Gasteiger partial charge in [0.15, 0.2) is 5.82 Å². The zero-order chi connectivity index (χ0) is 17.3. The fraction of sp³-hybridized carbons (Fsp3) is 0.133. The molecular weight excluding hydrogens is 442 g/mol. The number of rotatable bonds is 4. The maximum Gasteiger partial charge on any atom is 1.00 e. The minimum Gasteiger partial charge on any atom is -1.00 e. The Kier molecular flexibility index (Phi) is 7.05. The van der Waals surface area contributed by atoms with Crippen molar-refractivity contribution in [3.05, 3.63) is 58.3 Å². The van der Waals surface area contributed by atoms with Crippen LogP contribution in [0, 0.1) is 5.82 Å². The van der Waals surface area contributed by atoms with E-state index in [0.717, 1.165) is 11.6 Å². The SMILES string of the molecule is O=C1CN(c2c(F)cc(Br)cc2OCc2ccccc2)S(=O)(=O)N1.[H-].[K+]. The van der Waals surface area contributed by atoms with E-state index in [1.54, 1.807) is 0 Å². The summed E-state index contributed by atoms with van der Waals surface area (Å²) in [5, 5.41) is 0. The maximum atomic E-state index is 14.4. The Hall–Kier alpha value is -0.494. The van der Waals surface area contributed by atoms with Crippen molar-refractivity contribution in [1.29, 1.82) is 0 Å². The maximum absolute atomic E-state index is 14.4. The van der Waals surface area contributed by atoms with E-state index in [9.17, 15) is 17.6 Å². The molecule has 1 amide bonds. The predicted molar refractivity (Wildman–Crippen MR) is 90.4 cm³/mol. The van der Waals surface area contributed by atoms with Crippen molar-refractivity contribution in [2.75, 3.05) is 10.8 Å². The predicted octanol–water partition coefficient (Wildman–Crippen LogP) is -0.535. The first-order chi connectivity index (χ1) is 11.4. The standard InChI is InChI=1S/C15H12BrFN2O4S.K.H/c16-11-6-12(17)15(19-8-14(20)18-24(19,21)22)13(7-11)23-9-10-4-2-1-3-5-10;;/h1-7H,8-9H2,(H,18,20);;/q;+1;-1. The number of carbonyl (C=O) groups is 1. The summed E-state index contributed by atoms with van der Waals surface area (Å²) in [5.41, 5.74) is 0.537. The van der Waals surface area contributed by atoms with Crippen molar-refractivity contribution in [3.8, 4) is 5.75 Å². The Labute approximate surface area is 196 Å². The first kappa shape index (κ1) is 20.8. The molecule has 1 aliphatic rings. The molecule has 0 spiro atoms. The van der Waals surface area contributed by atoms with Gasteiger partial charge in [0.1, 0.15) is 24.6 Å². The Morgan fingerprint density at radius 3 is 2.56 bits per heavy atom. The largest absolute Gasteiger partial charge is 1.00 e. The molecule has 1 fully saturated rings. The van der Waals surface area contributed by atoms with Crippen molar-refractivity contribution in [3.63, 3.8) is 0 Å². The van der Waals surface area contributed by atoms with Crippen LogP contribution in [0.5, 0.6) is 5.75 Å². The van der Waals surface area contributed by atoms with E-state index in [4.69, 9.17) is 4.74 Å². The van der Waals surface area contributed by atoms with Crippen LogP contribution in [0.4, 0.5) is 10.1 Å². The van der Waals surface area contributed by atoms with Crippen molar-refractivity contribution >= 4 is 37.7 Å². The number of halogens is 2. The van der Waals surface area contributed by atoms with Crippen LogP contribution in [-0.2, 0) is 21.6 Å². The van der Waals surface area contributed by atoms with Gasteiger partial charge >= 0.3 is 61.6 Å². The number of amides is 1. The van der Waals surface area contributed by atoms with Crippen molar-refractivity contribution < 1.29 is 75.2 Å². The molecule has 128 valence electrons. The van der Waals surface area contributed by atoms with Gasteiger partial charge in [-0.05, 0) is 17.7 Å². The number of nitrogens with zero attached hydrogens (tertiary/aromatic N) is 1. The molecule has 1 aliphatic heterocycles. The van der Waals surface area contributed by atoms with Crippen LogP contribution in [0.2, 0.25) is 0 Å². The normalized spacial score (nSPS) is 15.4. The third-order valence-electron chi connectivity index (χ3n) is 3.30. The van der Waals surface area contributed by atoms with Crippen LogP contribution in [0.25, 0.3) is 0 Å². The first-order valence-corrected chi connectivity index (χ1v) is 9.09. The third kappa shape index (κ3) is 4.82. The summed E-state index contributed by atoms with van der Waals surface area (Å²) in [6.45, 7) is -0.373. The fourth-order valence-corrected chi connectivity index (χ4v) is 3.85. The van der Waals surface area contributed by atoms with Gasteiger partial charge in [0, 0.05) is 4.47 Å². The Morgan fingerprint density at radius 1 is 1.28 bits per heavy atom. The molecule has 0 aromatic heterocycles. The Balaban J connectivity index is 0.00000169. The number of hydrogen-bond acceptors (Lipinski definition) is 4. The van der Waals surface area contributed by atoms with E-state index in [1.807, 2.05) is 35.1 Å². The molecule has 6 nitrogen and oxygen atoms in total. The van der Waals surface area contributed by atoms with Gasteiger partial charge in [-0.2, -0.15) is 8.42 Å². The molecule has 0 radical (unpaired) electrons. The van der Waals surface area contributed by atoms with Gasteiger partial charge < -0.3 is 6.16 Å². The van der Waals surface area contributed by atoms with Gasteiger partial charge in [0.2, 0.25) is 0 Å². The quantitative estimate of drug-likeness (QED) is 0.629. The van der Waals surface area contributed by atoms with Crippen LogP contribution in [-0.4, -0.2) is 20.9 Å². The molecule has 0 saturated carbocycles. The summed E-state index contributed by atoms with van der Waals surface area (Å²) in [6, 6.07) is 11.7. The van der Waals surface area contributed by atoms with E-state index in [0.29, 0.717) is 8.78 Å². The van der Waals surface area contributed by atoms with Gasteiger partial charge in [-0.3, -0.25) is 4.79 Å². The number of ether oxygens (including phenoxy) is 1. The molecule has 10 heteroatoms. The summed E-state index contributed by atoms with van der Waals surface area (Å²) in [4.78, 5) is 11.4. The summed E-state index contributed by atoms with van der Waals surface area (Å²) >= 11 is 3.15. The van der Waals surface area contributed by atoms with E-state index in [1.165, 1.54) is 6.07 Å². The fourth-order valence-electron chi connectivity index (χ4n) is 2.28.